The molecule has 2 heterocycles. The van der Waals surface area contributed by atoms with Gasteiger partial charge in [-0.05, 0) is 34.2 Å². The van der Waals surface area contributed by atoms with Gasteiger partial charge in [-0.25, -0.2) is 0 Å². The molecule has 0 spiro atoms. The van der Waals surface area contributed by atoms with Crippen LogP contribution in [0.3, 0.4) is 0 Å². The van der Waals surface area contributed by atoms with Crippen LogP contribution in [-0.4, -0.2) is 33.9 Å². The molecule has 0 bridgehead atoms. The van der Waals surface area contributed by atoms with Gasteiger partial charge in [-0.1, -0.05) is 0 Å². The van der Waals surface area contributed by atoms with Crippen LogP contribution in [0.2, 0.25) is 0 Å². The molecule has 124 valence electrons. The second-order valence-electron chi connectivity index (χ2n) is 4.67. The quantitative estimate of drug-likeness (QED) is 0.535. The predicted octanol–water partition coefficient (Wildman–Crippen LogP) is 1.90. The standard InChI is InChI=1S/C15H14N4O5/c16-6-3-8-18(10-12-4-2-9-23-12)14(20)11-24-13-5-1-7-17-15(13)19(21)22/h1-2,4-5,7,9H,3,8,10-11H2. The zero-order valence-corrected chi connectivity index (χ0v) is 12.6. The molecule has 24 heavy (non-hydrogen) atoms. The maximum atomic E-state index is 12.3. The van der Waals surface area contributed by atoms with E-state index >= 15 is 0 Å². The van der Waals surface area contributed by atoms with E-state index < -0.39 is 23.3 Å². The highest BCUT2D eigenvalue weighted by Gasteiger charge is 2.20. The minimum absolute atomic E-state index is 0.0888. The molecule has 0 aromatic carbocycles. The fraction of sp³-hybridized carbons (Fsp3) is 0.267. The number of rotatable bonds is 8. The van der Waals surface area contributed by atoms with E-state index in [9.17, 15) is 14.9 Å². The number of nitro groups is 1. The average Bonchev–Trinajstić information content (AvgIpc) is 3.09. The summed E-state index contributed by atoms with van der Waals surface area (Å²) >= 11 is 0. The minimum atomic E-state index is -0.684. The van der Waals surface area contributed by atoms with Crippen molar-refractivity contribution in [3.8, 4) is 11.8 Å². The number of furan rings is 1. The van der Waals surface area contributed by atoms with Gasteiger partial charge < -0.3 is 24.2 Å². The maximum absolute atomic E-state index is 12.3. The summed E-state index contributed by atoms with van der Waals surface area (Å²) in [6.07, 6.45) is 2.90. The molecule has 2 aromatic heterocycles. The second kappa shape index (κ2) is 8.28. The summed E-state index contributed by atoms with van der Waals surface area (Å²) in [5.41, 5.74) is 0. The Morgan fingerprint density at radius 3 is 2.96 bits per heavy atom. The van der Waals surface area contributed by atoms with Crippen LogP contribution in [-0.2, 0) is 11.3 Å². The molecule has 0 radical (unpaired) electrons. The summed E-state index contributed by atoms with van der Waals surface area (Å²) in [6.45, 7) is -0.0147. The summed E-state index contributed by atoms with van der Waals surface area (Å²) in [5.74, 6) is -0.401. The van der Waals surface area contributed by atoms with Crippen molar-refractivity contribution in [2.24, 2.45) is 0 Å². The van der Waals surface area contributed by atoms with Gasteiger partial charge in [0.25, 0.3) is 5.91 Å². The number of nitriles is 1. The predicted molar refractivity (Wildman–Crippen MR) is 80.7 cm³/mol. The molecule has 0 aliphatic carbocycles. The van der Waals surface area contributed by atoms with Crippen molar-refractivity contribution in [2.45, 2.75) is 13.0 Å². The highest BCUT2D eigenvalue weighted by molar-refractivity contribution is 5.77. The van der Waals surface area contributed by atoms with Crippen molar-refractivity contribution in [1.82, 2.24) is 9.88 Å². The molecular formula is C15H14N4O5. The normalized spacial score (nSPS) is 9.96. The molecule has 0 atom stereocenters. The Hall–Kier alpha value is -3.41. The third-order valence-corrected chi connectivity index (χ3v) is 3.05. The van der Waals surface area contributed by atoms with E-state index in [0.29, 0.717) is 5.76 Å². The average molecular weight is 330 g/mol. The number of aromatic nitrogens is 1. The molecule has 0 unspecified atom stereocenters. The van der Waals surface area contributed by atoms with Crippen LogP contribution in [0.25, 0.3) is 0 Å². The van der Waals surface area contributed by atoms with Crippen LogP contribution in [0.4, 0.5) is 5.82 Å². The van der Waals surface area contributed by atoms with E-state index in [0.717, 1.165) is 0 Å². The minimum Gasteiger partial charge on any atom is -0.476 e. The fourth-order valence-electron chi connectivity index (χ4n) is 1.93. The Morgan fingerprint density at radius 1 is 1.46 bits per heavy atom. The number of nitrogens with zero attached hydrogens (tertiary/aromatic N) is 4. The van der Waals surface area contributed by atoms with Gasteiger partial charge in [0.05, 0.1) is 25.3 Å². The number of amides is 1. The van der Waals surface area contributed by atoms with Crippen LogP contribution in [0.15, 0.2) is 41.1 Å². The zero-order valence-electron chi connectivity index (χ0n) is 12.6. The lowest BCUT2D eigenvalue weighted by Gasteiger charge is -2.20. The van der Waals surface area contributed by atoms with Crippen molar-refractivity contribution in [2.75, 3.05) is 13.2 Å². The third kappa shape index (κ3) is 4.54. The third-order valence-electron chi connectivity index (χ3n) is 3.05. The molecule has 2 rings (SSSR count). The summed E-state index contributed by atoms with van der Waals surface area (Å²) in [6, 6.07) is 8.21. The first kappa shape index (κ1) is 17.0. The molecule has 0 aliphatic rings. The molecule has 2 aromatic rings. The van der Waals surface area contributed by atoms with Crippen LogP contribution in [0, 0.1) is 21.4 Å². The van der Waals surface area contributed by atoms with Crippen molar-refractivity contribution in [3.05, 3.63) is 52.6 Å². The first-order valence-corrected chi connectivity index (χ1v) is 7.01. The summed E-state index contributed by atoms with van der Waals surface area (Å²) in [5, 5.41) is 19.6. The molecule has 0 saturated heterocycles. The van der Waals surface area contributed by atoms with E-state index in [2.05, 4.69) is 4.98 Å². The monoisotopic (exact) mass is 330 g/mol. The van der Waals surface area contributed by atoms with Gasteiger partial charge in [-0.2, -0.15) is 5.26 Å². The molecule has 0 saturated carbocycles. The Morgan fingerprint density at radius 2 is 2.29 bits per heavy atom. The molecule has 0 N–H and O–H groups in total. The smallest absolute Gasteiger partial charge is 0.406 e. The van der Waals surface area contributed by atoms with Crippen LogP contribution >= 0.6 is 0 Å². The van der Waals surface area contributed by atoms with E-state index in [1.165, 1.54) is 29.5 Å². The van der Waals surface area contributed by atoms with Crippen molar-refractivity contribution in [1.29, 1.82) is 5.26 Å². The Balaban J connectivity index is 2.02. The number of ether oxygens (including phenoxy) is 1. The Bertz CT molecular complexity index is 739. The summed E-state index contributed by atoms with van der Waals surface area (Å²) in [7, 11) is 0. The van der Waals surface area contributed by atoms with Gasteiger partial charge in [-0.3, -0.25) is 4.79 Å². The summed E-state index contributed by atoms with van der Waals surface area (Å²) < 4.78 is 10.4. The van der Waals surface area contributed by atoms with Gasteiger partial charge in [0, 0.05) is 6.54 Å². The van der Waals surface area contributed by atoms with Gasteiger partial charge >= 0.3 is 5.82 Å². The van der Waals surface area contributed by atoms with E-state index in [1.54, 1.807) is 12.1 Å². The number of pyridine rings is 1. The summed E-state index contributed by atoms with van der Waals surface area (Å²) in [4.78, 5) is 27.5. The van der Waals surface area contributed by atoms with Gasteiger partial charge in [0.2, 0.25) is 5.75 Å². The molecule has 1 amide bonds. The van der Waals surface area contributed by atoms with Crippen LogP contribution < -0.4 is 4.74 Å². The van der Waals surface area contributed by atoms with Crippen molar-refractivity contribution < 1.29 is 18.9 Å². The fourth-order valence-corrected chi connectivity index (χ4v) is 1.93. The lowest BCUT2D eigenvalue weighted by molar-refractivity contribution is -0.390. The first-order chi connectivity index (χ1) is 11.6. The topological polar surface area (TPSA) is 122 Å². The Kier molecular flexibility index (Phi) is 5.85. The van der Waals surface area contributed by atoms with E-state index in [1.807, 2.05) is 6.07 Å². The SMILES string of the molecule is N#CCCN(Cc1ccco1)C(=O)COc1cccnc1[N+](=O)[O-]. The zero-order chi connectivity index (χ0) is 17.4. The van der Waals surface area contributed by atoms with Gasteiger partial charge in [0.15, 0.2) is 6.61 Å². The number of carbonyl (C=O) groups excluding carboxylic acids is 1. The van der Waals surface area contributed by atoms with Crippen LogP contribution in [0.1, 0.15) is 12.2 Å². The first-order valence-electron chi connectivity index (χ1n) is 7.01. The van der Waals surface area contributed by atoms with Gasteiger partial charge in [-0.15, -0.1) is 0 Å². The molecule has 9 nitrogen and oxygen atoms in total. The number of hydrogen-bond donors (Lipinski definition) is 0. The highest BCUT2D eigenvalue weighted by atomic mass is 16.6. The lowest BCUT2D eigenvalue weighted by Crippen LogP contribution is -2.35. The second-order valence-corrected chi connectivity index (χ2v) is 4.67. The van der Waals surface area contributed by atoms with Crippen molar-refractivity contribution in [3.63, 3.8) is 0 Å². The van der Waals surface area contributed by atoms with Crippen LogP contribution in [0.5, 0.6) is 5.75 Å². The van der Waals surface area contributed by atoms with Gasteiger partial charge in [0.1, 0.15) is 12.0 Å². The largest absolute Gasteiger partial charge is 0.476 e. The molecule has 9 heteroatoms. The lowest BCUT2D eigenvalue weighted by atomic mass is 10.3. The maximum Gasteiger partial charge on any atom is 0.406 e. The number of carbonyl (C=O) groups is 1. The number of hydrogen-bond acceptors (Lipinski definition) is 7. The van der Waals surface area contributed by atoms with Crippen molar-refractivity contribution >= 4 is 11.7 Å². The molecule has 0 aliphatic heterocycles. The molecular weight excluding hydrogens is 316 g/mol. The van der Waals surface area contributed by atoms with E-state index in [4.69, 9.17) is 14.4 Å². The molecule has 0 fully saturated rings. The van der Waals surface area contributed by atoms with E-state index in [-0.39, 0.29) is 25.3 Å². The highest BCUT2D eigenvalue weighted by Crippen LogP contribution is 2.22. The Labute approximate surface area is 137 Å².